The topological polar surface area (TPSA) is 87.3 Å². The van der Waals surface area contributed by atoms with E-state index in [1.807, 2.05) is 13.0 Å². The minimum atomic E-state index is -0.484. The van der Waals surface area contributed by atoms with E-state index in [2.05, 4.69) is 16.2 Å². The summed E-state index contributed by atoms with van der Waals surface area (Å²) in [5.41, 5.74) is 4.27. The molecule has 0 aliphatic rings. The van der Waals surface area contributed by atoms with E-state index in [9.17, 15) is 14.4 Å². The predicted molar refractivity (Wildman–Crippen MR) is 63.3 cm³/mol. The van der Waals surface area contributed by atoms with Gasteiger partial charge < -0.3 is 5.32 Å². The lowest BCUT2D eigenvalue weighted by molar-refractivity contribution is -0.127. The fraction of sp³-hybridized carbons (Fsp3) is 0.300. The largest absolute Gasteiger partial charge is 0.342 e. The average Bonchev–Trinajstić information content (AvgIpc) is 2.70. The highest BCUT2D eigenvalue weighted by molar-refractivity contribution is 7.13. The van der Waals surface area contributed by atoms with Crippen LogP contribution in [-0.2, 0) is 9.59 Å². The van der Waals surface area contributed by atoms with Crippen molar-refractivity contribution >= 4 is 29.1 Å². The lowest BCUT2D eigenvalue weighted by Crippen LogP contribution is -2.45. The normalized spacial score (nSPS) is 9.53. The number of amides is 3. The van der Waals surface area contributed by atoms with Crippen molar-refractivity contribution in [2.24, 2.45) is 0 Å². The first-order valence-electron chi connectivity index (χ1n) is 4.89. The molecule has 1 aromatic rings. The minimum Gasteiger partial charge on any atom is -0.342 e. The van der Waals surface area contributed by atoms with Crippen LogP contribution in [0.15, 0.2) is 12.1 Å². The molecule has 0 atom stereocenters. The van der Waals surface area contributed by atoms with Gasteiger partial charge in [0.2, 0.25) is 5.91 Å². The summed E-state index contributed by atoms with van der Waals surface area (Å²) in [5, 5.41) is 2.44. The molecule has 0 aliphatic carbocycles. The Bertz CT molecular complexity index is 442. The smallest absolute Gasteiger partial charge is 0.261 e. The number of hydrogen-bond donors (Lipinski definition) is 3. The maximum absolute atomic E-state index is 11.5. The van der Waals surface area contributed by atoms with Crippen LogP contribution in [0.25, 0.3) is 0 Å². The van der Waals surface area contributed by atoms with Crippen molar-refractivity contribution in [2.45, 2.75) is 13.8 Å². The number of carbonyl (C=O) groups is 3. The van der Waals surface area contributed by atoms with Gasteiger partial charge >= 0.3 is 0 Å². The Hall–Kier alpha value is -1.89. The Morgan fingerprint density at radius 1 is 1.24 bits per heavy atom. The molecule has 6 nitrogen and oxygen atoms in total. The molecule has 1 rings (SSSR count). The highest BCUT2D eigenvalue weighted by atomic mass is 32.1. The van der Waals surface area contributed by atoms with Crippen molar-refractivity contribution in [2.75, 3.05) is 6.54 Å². The molecule has 17 heavy (non-hydrogen) atoms. The molecule has 0 radical (unpaired) electrons. The van der Waals surface area contributed by atoms with E-state index in [0.29, 0.717) is 4.88 Å². The molecular formula is C10H13N3O3S. The standard InChI is InChI=1S/C10H13N3O3S/c1-6-3-4-8(17-6)10(16)11-5-9(15)13-12-7(2)14/h3-4H,5H2,1-2H3,(H,11,16)(H,12,14)(H,13,15). The summed E-state index contributed by atoms with van der Waals surface area (Å²) in [6.45, 7) is 2.98. The average molecular weight is 255 g/mol. The first-order valence-corrected chi connectivity index (χ1v) is 5.70. The predicted octanol–water partition coefficient (Wildman–Crippen LogP) is -0.0464. The van der Waals surface area contributed by atoms with Crippen molar-refractivity contribution in [3.63, 3.8) is 0 Å². The molecular weight excluding hydrogens is 242 g/mol. The third kappa shape index (κ3) is 4.64. The molecule has 92 valence electrons. The van der Waals surface area contributed by atoms with Crippen LogP contribution in [0, 0.1) is 6.92 Å². The zero-order valence-corrected chi connectivity index (χ0v) is 10.3. The summed E-state index contributed by atoms with van der Waals surface area (Å²) in [7, 11) is 0. The van der Waals surface area contributed by atoms with Gasteiger partial charge in [-0.2, -0.15) is 0 Å². The van der Waals surface area contributed by atoms with Gasteiger partial charge in [0.25, 0.3) is 11.8 Å². The molecule has 0 bridgehead atoms. The van der Waals surface area contributed by atoms with Gasteiger partial charge in [0.05, 0.1) is 11.4 Å². The SMILES string of the molecule is CC(=O)NNC(=O)CNC(=O)c1ccc(C)s1. The van der Waals surface area contributed by atoms with Crippen LogP contribution in [0.4, 0.5) is 0 Å². The fourth-order valence-corrected chi connectivity index (χ4v) is 1.79. The Labute approximate surface area is 102 Å². The van der Waals surface area contributed by atoms with Gasteiger partial charge in [-0.15, -0.1) is 11.3 Å². The maximum atomic E-state index is 11.5. The van der Waals surface area contributed by atoms with Gasteiger partial charge in [0, 0.05) is 11.8 Å². The fourth-order valence-electron chi connectivity index (χ4n) is 1.01. The van der Waals surface area contributed by atoms with Crippen LogP contribution >= 0.6 is 11.3 Å². The zero-order valence-electron chi connectivity index (χ0n) is 9.49. The lowest BCUT2D eigenvalue weighted by atomic mass is 10.4. The maximum Gasteiger partial charge on any atom is 0.261 e. The number of hydrazine groups is 1. The number of nitrogens with one attached hydrogen (secondary N) is 3. The minimum absolute atomic E-state index is 0.184. The Morgan fingerprint density at radius 3 is 2.47 bits per heavy atom. The van der Waals surface area contributed by atoms with Gasteiger partial charge in [0.1, 0.15) is 0 Å². The quantitative estimate of drug-likeness (QED) is 0.662. The second-order valence-corrected chi connectivity index (χ2v) is 4.61. The molecule has 1 heterocycles. The Morgan fingerprint density at radius 2 is 1.94 bits per heavy atom. The lowest BCUT2D eigenvalue weighted by Gasteiger charge is -2.05. The molecule has 0 saturated carbocycles. The number of thiophene rings is 1. The van der Waals surface area contributed by atoms with E-state index in [1.54, 1.807) is 6.07 Å². The van der Waals surface area contributed by atoms with Gasteiger partial charge in [-0.3, -0.25) is 25.2 Å². The van der Waals surface area contributed by atoms with Crippen LogP contribution in [-0.4, -0.2) is 24.3 Å². The van der Waals surface area contributed by atoms with E-state index < -0.39 is 5.91 Å². The molecule has 0 spiro atoms. The number of aryl methyl sites for hydroxylation is 1. The molecule has 1 aromatic heterocycles. The molecule has 7 heteroatoms. The number of carbonyl (C=O) groups excluding carboxylic acids is 3. The molecule has 0 unspecified atom stereocenters. The highest BCUT2D eigenvalue weighted by Gasteiger charge is 2.09. The van der Waals surface area contributed by atoms with Gasteiger partial charge in [-0.25, -0.2) is 0 Å². The summed E-state index contributed by atoms with van der Waals surface area (Å²) < 4.78 is 0. The zero-order chi connectivity index (χ0) is 12.8. The summed E-state index contributed by atoms with van der Waals surface area (Å²) >= 11 is 1.35. The summed E-state index contributed by atoms with van der Waals surface area (Å²) in [4.78, 5) is 34.8. The van der Waals surface area contributed by atoms with Crippen molar-refractivity contribution in [1.82, 2.24) is 16.2 Å². The molecule has 3 N–H and O–H groups in total. The van der Waals surface area contributed by atoms with Crippen LogP contribution in [0.1, 0.15) is 21.5 Å². The van der Waals surface area contributed by atoms with E-state index >= 15 is 0 Å². The van der Waals surface area contributed by atoms with Crippen LogP contribution < -0.4 is 16.2 Å². The third-order valence-corrected chi connectivity index (χ3v) is 2.75. The van der Waals surface area contributed by atoms with Crippen molar-refractivity contribution in [1.29, 1.82) is 0 Å². The number of hydrogen-bond acceptors (Lipinski definition) is 4. The molecule has 0 fully saturated rings. The van der Waals surface area contributed by atoms with Gasteiger partial charge in [0.15, 0.2) is 0 Å². The van der Waals surface area contributed by atoms with Gasteiger partial charge in [-0.05, 0) is 19.1 Å². The van der Waals surface area contributed by atoms with E-state index in [0.717, 1.165) is 4.88 Å². The van der Waals surface area contributed by atoms with E-state index in [-0.39, 0.29) is 18.4 Å². The molecule has 0 aromatic carbocycles. The summed E-state index contributed by atoms with van der Waals surface area (Å²) in [6.07, 6.45) is 0. The Kier molecular flexibility index (Phi) is 4.65. The van der Waals surface area contributed by atoms with Crippen molar-refractivity contribution in [3.8, 4) is 0 Å². The first kappa shape index (κ1) is 13.2. The first-order chi connectivity index (χ1) is 7.99. The second-order valence-electron chi connectivity index (χ2n) is 3.32. The Balaban J connectivity index is 2.33. The van der Waals surface area contributed by atoms with Gasteiger partial charge in [-0.1, -0.05) is 0 Å². The second kappa shape index (κ2) is 6.00. The van der Waals surface area contributed by atoms with Crippen LogP contribution in [0.3, 0.4) is 0 Å². The summed E-state index contributed by atoms with van der Waals surface area (Å²) in [5.74, 6) is -1.17. The number of rotatable bonds is 3. The van der Waals surface area contributed by atoms with Crippen molar-refractivity contribution < 1.29 is 14.4 Å². The monoisotopic (exact) mass is 255 g/mol. The third-order valence-electron chi connectivity index (χ3n) is 1.75. The highest BCUT2D eigenvalue weighted by Crippen LogP contribution is 2.14. The van der Waals surface area contributed by atoms with Crippen molar-refractivity contribution in [3.05, 3.63) is 21.9 Å². The van der Waals surface area contributed by atoms with E-state index in [4.69, 9.17) is 0 Å². The van der Waals surface area contributed by atoms with Crippen LogP contribution in [0.5, 0.6) is 0 Å². The van der Waals surface area contributed by atoms with E-state index in [1.165, 1.54) is 18.3 Å². The molecule has 0 aliphatic heterocycles. The molecule has 3 amide bonds. The summed E-state index contributed by atoms with van der Waals surface area (Å²) in [6, 6.07) is 3.53. The molecule has 0 saturated heterocycles. The van der Waals surface area contributed by atoms with Crippen LogP contribution in [0.2, 0.25) is 0 Å².